The average molecular weight is 768 g/mol. The van der Waals surface area contributed by atoms with Crippen LogP contribution in [0.15, 0.2) is 48.6 Å². The van der Waals surface area contributed by atoms with Crippen molar-refractivity contribution in [2.24, 2.45) is 0 Å². The Bertz CT molecular complexity index is 989. The number of hydrogen-bond donors (Lipinski definition) is 0. The molecule has 53 heavy (non-hydrogen) atoms. The second kappa shape index (κ2) is 37.4. The van der Waals surface area contributed by atoms with Gasteiger partial charge in [0.15, 0.2) is 0 Å². The van der Waals surface area contributed by atoms with E-state index in [1.54, 1.807) is 0 Å². The molecule has 0 radical (unpaired) electrons. The van der Waals surface area contributed by atoms with Gasteiger partial charge in [-0.3, -0.25) is 9.36 Å². The number of phosphoric ester groups is 1. The van der Waals surface area contributed by atoms with E-state index in [2.05, 4.69) is 62.5 Å². The first kappa shape index (κ1) is 51.5. The second-order valence-corrected chi connectivity index (χ2v) is 16.7. The molecule has 0 spiro atoms. The number of carbonyl (C=O) groups excluding carboxylic acids is 1. The number of hydrogen-bond acceptors (Lipinski definition) is 7. The summed E-state index contributed by atoms with van der Waals surface area (Å²) in [4.78, 5) is 25.0. The third kappa shape index (κ3) is 41.5. The maximum Gasteiger partial charge on any atom is 0.306 e. The molecule has 9 heteroatoms. The van der Waals surface area contributed by atoms with Gasteiger partial charge < -0.3 is 27.9 Å². The molecule has 0 aliphatic carbocycles. The molecule has 0 aliphatic rings. The Balaban J connectivity index is 4.31. The maximum atomic E-state index is 12.6. The first-order valence-electron chi connectivity index (χ1n) is 21.4. The lowest BCUT2D eigenvalue weighted by Gasteiger charge is -2.28. The number of quaternary nitrogens is 1. The van der Waals surface area contributed by atoms with Crippen LogP contribution < -0.4 is 4.89 Å². The summed E-state index contributed by atoms with van der Waals surface area (Å²) >= 11 is 0. The molecule has 310 valence electrons. The van der Waals surface area contributed by atoms with Gasteiger partial charge in [-0.1, -0.05) is 159 Å². The van der Waals surface area contributed by atoms with Crippen LogP contribution in [-0.2, 0) is 27.9 Å². The summed E-state index contributed by atoms with van der Waals surface area (Å²) in [5, 5.41) is 0. The molecule has 0 saturated heterocycles. The molecule has 0 aromatic rings. The van der Waals surface area contributed by atoms with Crippen molar-refractivity contribution in [3.8, 4) is 0 Å². The Morgan fingerprint density at radius 1 is 0.604 bits per heavy atom. The van der Waals surface area contributed by atoms with E-state index >= 15 is 0 Å². The van der Waals surface area contributed by atoms with Crippen LogP contribution >= 0.6 is 7.82 Å². The molecule has 1 unspecified atom stereocenters. The fourth-order valence-corrected chi connectivity index (χ4v) is 6.32. The number of carbonyl (C=O) groups is 1. The Morgan fingerprint density at radius 3 is 1.60 bits per heavy atom. The Labute approximate surface area is 327 Å². The molecular formula is C44H82NO7P. The first-order chi connectivity index (χ1) is 25.6. The smallest absolute Gasteiger partial charge is 0.306 e. The number of nitrogens with zero attached hydrogens (tertiary/aromatic N) is 1. The van der Waals surface area contributed by atoms with E-state index in [4.69, 9.17) is 18.5 Å². The van der Waals surface area contributed by atoms with E-state index in [9.17, 15) is 14.3 Å². The van der Waals surface area contributed by atoms with E-state index in [0.717, 1.165) is 51.4 Å². The van der Waals surface area contributed by atoms with Gasteiger partial charge in [0.1, 0.15) is 19.3 Å². The van der Waals surface area contributed by atoms with Gasteiger partial charge in [-0.2, -0.15) is 0 Å². The van der Waals surface area contributed by atoms with E-state index < -0.39 is 13.9 Å². The van der Waals surface area contributed by atoms with Crippen molar-refractivity contribution in [2.75, 3.05) is 54.1 Å². The number of allylic oxidation sites excluding steroid dienone is 8. The van der Waals surface area contributed by atoms with E-state index in [1.165, 1.54) is 89.9 Å². The zero-order chi connectivity index (χ0) is 39.1. The molecule has 0 rings (SSSR count). The van der Waals surface area contributed by atoms with Crippen LogP contribution in [0.4, 0.5) is 0 Å². The van der Waals surface area contributed by atoms with Gasteiger partial charge in [0.2, 0.25) is 0 Å². The fraction of sp³-hybridized carbons (Fsp3) is 0.795. The van der Waals surface area contributed by atoms with Crippen LogP contribution in [0, 0.1) is 0 Å². The fourth-order valence-electron chi connectivity index (χ4n) is 5.60. The van der Waals surface area contributed by atoms with Gasteiger partial charge in [-0.05, 0) is 51.4 Å². The summed E-state index contributed by atoms with van der Waals surface area (Å²) < 4.78 is 34.5. The van der Waals surface area contributed by atoms with E-state index in [0.29, 0.717) is 24.1 Å². The minimum atomic E-state index is -4.53. The molecule has 0 aliphatic heterocycles. The number of esters is 1. The second-order valence-electron chi connectivity index (χ2n) is 15.3. The lowest BCUT2D eigenvalue weighted by atomic mass is 10.0. The molecule has 0 aromatic heterocycles. The summed E-state index contributed by atoms with van der Waals surface area (Å²) in [5.41, 5.74) is 0. The Kier molecular flexibility index (Phi) is 36.3. The van der Waals surface area contributed by atoms with Crippen molar-refractivity contribution in [1.82, 2.24) is 0 Å². The highest BCUT2D eigenvalue weighted by Gasteiger charge is 2.20. The van der Waals surface area contributed by atoms with Gasteiger partial charge in [0, 0.05) is 13.0 Å². The molecule has 0 bridgehead atoms. The van der Waals surface area contributed by atoms with Crippen LogP contribution in [-0.4, -0.2) is 70.7 Å². The summed E-state index contributed by atoms with van der Waals surface area (Å²) in [6, 6.07) is 0. The van der Waals surface area contributed by atoms with Crippen molar-refractivity contribution in [3.05, 3.63) is 48.6 Å². The Morgan fingerprint density at radius 2 is 1.09 bits per heavy atom. The summed E-state index contributed by atoms with van der Waals surface area (Å²) in [7, 11) is 1.33. The van der Waals surface area contributed by atoms with Gasteiger partial charge in [0.05, 0.1) is 34.4 Å². The number of unbranched alkanes of at least 4 members (excludes halogenated alkanes) is 17. The van der Waals surface area contributed by atoms with Crippen molar-refractivity contribution >= 4 is 13.8 Å². The van der Waals surface area contributed by atoms with Crippen molar-refractivity contribution < 1.29 is 37.3 Å². The molecule has 0 fully saturated rings. The van der Waals surface area contributed by atoms with Crippen molar-refractivity contribution in [3.63, 3.8) is 0 Å². The summed E-state index contributed by atoms with van der Waals surface area (Å²) in [6.07, 6.45) is 44.1. The third-order valence-electron chi connectivity index (χ3n) is 8.89. The molecule has 0 amide bonds. The molecule has 0 N–H and O–H groups in total. The van der Waals surface area contributed by atoms with Crippen LogP contribution in [0.25, 0.3) is 0 Å². The van der Waals surface area contributed by atoms with Crippen LogP contribution in [0.1, 0.15) is 168 Å². The lowest BCUT2D eigenvalue weighted by Crippen LogP contribution is -2.37. The quantitative estimate of drug-likeness (QED) is 0.0202. The minimum absolute atomic E-state index is 0.0176. The zero-order valence-corrected chi connectivity index (χ0v) is 35.8. The molecule has 2 atom stereocenters. The predicted molar refractivity (Wildman–Crippen MR) is 222 cm³/mol. The summed E-state index contributed by atoms with van der Waals surface area (Å²) in [5.74, 6) is -0.374. The first-order valence-corrected chi connectivity index (χ1v) is 22.8. The molecule has 0 aromatic carbocycles. The lowest BCUT2D eigenvalue weighted by molar-refractivity contribution is -0.870. The van der Waals surface area contributed by atoms with Crippen molar-refractivity contribution in [2.45, 2.75) is 174 Å². The summed E-state index contributed by atoms with van der Waals surface area (Å²) in [6.45, 7) is 5.25. The Hall–Kier alpha value is -1.54. The van der Waals surface area contributed by atoms with Crippen LogP contribution in [0.5, 0.6) is 0 Å². The number of ether oxygens (including phenoxy) is 2. The highest BCUT2D eigenvalue weighted by atomic mass is 31.2. The normalized spacial score (nSPS) is 14.3. The number of likely N-dealkylation sites (N-methyl/N-ethyl adjacent to an activating group) is 1. The largest absolute Gasteiger partial charge is 0.756 e. The molecule has 0 saturated carbocycles. The number of phosphoric acid groups is 1. The van der Waals surface area contributed by atoms with Gasteiger partial charge in [-0.15, -0.1) is 0 Å². The van der Waals surface area contributed by atoms with Crippen LogP contribution in [0.3, 0.4) is 0 Å². The standard InChI is InChI=1S/C44H82NO7P/c1-6-8-10-12-14-16-18-20-22-24-26-28-30-32-34-36-39-49-41-43(42-51-53(47,48)50-40-38-45(3,4)5)52-44(46)37-35-33-31-29-27-25-23-21-19-17-15-13-11-9-7-2/h9,11,15,17,21,23,27,29,43H,6-8,10,12-14,16,18-20,22,24-26,28,30-42H2,1-5H3/b11-9-,17-15-,23-21-,29-27-/t43-/m1/s1. The number of rotatable bonds is 39. The van der Waals surface area contributed by atoms with E-state index in [1.807, 2.05) is 21.1 Å². The highest BCUT2D eigenvalue weighted by Crippen LogP contribution is 2.38. The molecule has 0 heterocycles. The zero-order valence-electron chi connectivity index (χ0n) is 35.0. The minimum Gasteiger partial charge on any atom is -0.756 e. The third-order valence-corrected chi connectivity index (χ3v) is 9.86. The topological polar surface area (TPSA) is 94.1 Å². The van der Waals surface area contributed by atoms with Gasteiger partial charge in [0.25, 0.3) is 7.82 Å². The monoisotopic (exact) mass is 768 g/mol. The average Bonchev–Trinajstić information content (AvgIpc) is 3.11. The maximum absolute atomic E-state index is 12.6. The SMILES string of the molecule is CC/C=C\C/C=C\C/C=C\C/C=C\CCCCC(=O)O[C@H](COCCCCCCCCCCCCCCCCCC)COP(=O)([O-])OCC[N+](C)(C)C. The van der Waals surface area contributed by atoms with Gasteiger partial charge >= 0.3 is 5.97 Å². The van der Waals surface area contributed by atoms with Crippen molar-refractivity contribution in [1.29, 1.82) is 0 Å². The van der Waals surface area contributed by atoms with Crippen LogP contribution in [0.2, 0.25) is 0 Å². The molecular weight excluding hydrogens is 685 g/mol. The molecule has 8 nitrogen and oxygen atoms in total. The van der Waals surface area contributed by atoms with E-state index in [-0.39, 0.29) is 32.2 Å². The van der Waals surface area contributed by atoms with Gasteiger partial charge in [-0.25, -0.2) is 0 Å². The predicted octanol–water partition coefficient (Wildman–Crippen LogP) is 11.7. The highest BCUT2D eigenvalue weighted by molar-refractivity contribution is 7.45.